The molecule has 4 rings (SSSR count). The van der Waals surface area contributed by atoms with Crippen LogP contribution in [0.2, 0.25) is 0 Å². The Bertz CT molecular complexity index is 931. The number of imidazole rings is 1. The molecule has 1 aromatic carbocycles. The highest BCUT2D eigenvalue weighted by atomic mass is 16.5. The topological polar surface area (TPSA) is 52.8 Å². The molecule has 0 bridgehead atoms. The van der Waals surface area contributed by atoms with Crippen LogP contribution in [0.25, 0.3) is 5.65 Å². The number of fused-ring (bicyclic) bond motifs is 3. The van der Waals surface area contributed by atoms with Gasteiger partial charge < -0.3 is 9.47 Å². The van der Waals surface area contributed by atoms with E-state index < -0.39 is 0 Å². The van der Waals surface area contributed by atoms with E-state index in [1.165, 1.54) is 0 Å². The minimum absolute atomic E-state index is 0.00273. The van der Waals surface area contributed by atoms with Gasteiger partial charge in [0.25, 0.3) is 0 Å². The lowest BCUT2D eigenvalue weighted by atomic mass is 9.98. The zero-order valence-corrected chi connectivity index (χ0v) is 14.4. The van der Waals surface area contributed by atoms with E-state index in [4.69, 9.17) is 9.47 Å². The second-order valence-corrected chi connectivity index (χ2v) is 6.19. The van der Waals surface area contributed by atoms with Crippen molar-refractivity contribution in [1.82, 2.24) is 9.38 Å². The molecule has 128 valence electrons. The van der Waals surface area contributed by atoms with Crippen molar-refractivity contribution in [2.24, 2.45) is 0 Å². The van der Waals surface area contributed by atoms with Crippen LogP contribution in [0.1, 0.15) is 46.8 Å². The van der Waals surface area contributed by atoms with Crippen molar-refractivity contribution in [2.45, 2.75) is 32.8 Å². The van der Waals surface area contributed by atoms with Crippen LogP contribution in [-0.2, 0) is 11.2 Å². The van der Waals surface area contributed by atoms with Crippen molar-refractivity contribution in [3.05, 3.63) is 65.1 Å². The van der Waals surface area contributed by atoms with Crippen LogP contribution in [0.5, 0.6) is 5.75 Å². The van der Waals surface area contributed by atoms with Crippen LogP contribution >= 0.6 is 0 Å². The lowest BCUT2D eigenvalue weighted by Crippen LogP contribution is -2.16. The zero-order chi connectivity index (χ0) is 17.4. The van der Waals surface area contributed by atoms with Gasteiger partial charge in [-0.05, 0) is 43.9 Å². The second kappa shape index (κ2) is 6.24. The Hall–Kier alpha value is -2.82. The minimum Gasteiger partial charge on any atom is -0.482 e. The number of aromatic nitrogens is 2. The van der Waals surface area contributed by atoms with Gasteiger partial charge in [-0.1, -0.05) is 30.3 Å². The number of carbonyl (C=O) groups is 1. The van der Waals surface area contributed by atoms with Crippen molar-refractivity contribution in [2.75, 3.05) is 6.61 Å². The Morgan fingerprint density at radius 3 is 2.88 bits per heavy atom. The van der Waals surface area contributed by atoms with Crippen LogP contribution in [0.4, 0.5) is 0 Å². The highest BCUT2D eigenvalue weighted by molar-refractivity contribution is 5.90. The highest BCUT2D eigenvalue weighted by Gasteiger charge is 2.27. The molecule has 5 heteroatoms. The van der Waals surface area contributed by atoms with E-state index in [1.54, 1.807) is 11.3 Å². The molecule has 0 fully saturated rings. The summed E-state index contributed by atoms with van der Waals surface area (Å²) in [7, 11) is 0. The van der Waals surface area contributed by atoms with E-state index in [1.807, 2.05) is 37.4 Å². The molecule has 2 aromatic heterocycles. The van der Waals surface area contributed by atoms with Crippen molar-refractivity contribution in [3.63, 3.8) is 0 Å². The van der Waals surface area contributed by atoms with Crippen molar-refractivity contribution in [3.8, 4) is 5.75 Å². The third-order valence-electron chi connectivity index (χ3n) is 4.58. The molecular formula is C20H20N2O3. The predicted octanol–water partition coefficient (Wildman–Crippen LogP) is 3.89. The summed E-state index contributed by atoms with van der Waals surface area (Å²) in [4.78, 5) is 16.9. The molecule has 1 aliphatic rings. The Morgan fingerprint density at radius 1 is 1.32 bits per heavy atom. The van der Waals surface area contributed by atoms with Gasteiger partial charge in [-0.3, -0.25) is 4.40 Å². The van der Waals surface area contributed by atoms with Gasteiger partial charge in [0.05, 0.1) is 12.3 Å². The maximum atomic E-state index is 12.3. The van der Waals surface area contributed by atoms with Crippen molar-refractivity contribution in [1.29, 1.82) is 0 Å². The molecule has 0 aliphatic carbocycles. The molecule has 0 amide bonds. The van der Waals surface area contributed by atoms with Gasteiger partial charge in [-0.25, -0.2) is 9.78 Å². The maximum Gasteiger partial charge on any atom is 0.357 e. The zero-order valence-electron chi connectivity index (χ0n) is 14.4. The first-order chi connectivity index (χ1) is 12.2. The Labute approximate surface area is 146 Å². The van der Waals surface area contributed by atoms with Crippen LogP contribution < -0.4 is 4.74 Å². The van der Waals surface area contributed by atoms with E-state index in [9.17, 15) is 4.79 Å². The summed E-state index contributed by atoms with van der Waals surface area (Å²) >= 11 is 0. The van der Waals surface area contributed by atoms with E-state index >= 15 is 0 Å². The van der Waals surface area contributed by atoms with Crippen molar-refractivity contribution < 1.29 is 14.3 Å². The maximum absolute atomic E-state index is 12.3. The van der Waals surface area contributed by atoms with Gasteiger partial charge in [-0.2, -0.15) is 0 Å². The van der Waals surface area contributed by atoms with E-state index in [0.717, 1.165) is 29.7 Å². The highest BCUT2D eigenvalue weighted by Crippen LogP contribution is 2.38. The monoisotopic (exact) mass is 336 g/mol. The summed E-state index contributed by atoms with van der Waals surface area (Å²) in [5.41, 5.74) is 4.07. The van der Waals surface area contributed by atoms with Crippen molar-refractivity contribution >= 4 is 11.6 Å². The molecule has 0 saturated carbocycles. The number of esters is 1. The normalized spacial score (nSPS) is 16.3. The van der Waals surface area contributed by atoms with Crippen LogP contribution in [0, 0.1) is 6.92 Å². The van der Waals surface area contributed by atoms with E-state index in [-0.39, 0.29) is 12.1 Å². The fourth-order valence-corrected chi connectivity index (χ4v) is 3.40. The molecule has 0 radical (unpaired) electrons. The average Bonchev–Trinajstić information content (AvgIpc) is 2.98. The van der Waals surface area contributed by atoms with Gasteiger partial charge in [-0.15, -0.1) is 0 Å². The summed E-state index contributed by atoms with van der Waals surface area (Å²) in [6.07, 6.45) is 3.74. The number of hydrogen-bond acceptors (Lipinski definition) is 4. The van der Waals surface area contributed by atoms with Crippen LogP contribution in [0.15, 0.2) is 42.6 Å². The van der Waals surface area contributed by atoms with Crippen LogP contribution in [-0.4, -0.2) is 22.0 Å². The summed E-state index contributed by atoms with van der Waals surface area (Å²) in [5, 5.41) is 0. The summed E-state index contributed by atoms with van der Waals surface area (Å²) in [6.45, 7) is 3.96. The summed E-state index contributed by atoms with van der Waals surface area (Å²) in [6, 6.07) is 12.2. The molecule has 1 unspecified atom stereocenters. The number of pyridine rings is 1. The van der Waals surface area contributed by atoms with Crippen LogP contribution in [0.3, 0.4) is 0 Å². The molecular weight excluding hydrogens is 316 g/mol. The number of aryl methyl sites for hydroxylation is 2. The largest absolute Gasteiger partial charge is 0.482 e. The smallest absolute Gasteiger partial charge is 0.357 e. The molecule has 0 saturated heterocycles. The van der Waals surface area contributed by atoms with Gasteiger partial charge in [0.2, 0.25) is 0 Å². The first-order valence-electron chi connectivity index (χ1n) is 8.58. The Kier molecular flexibility index (Phi) is 3.92. The Balaban J connectivity index is 1.79. The van der Waals surface area contributed by atoms with Gasteiger partial charge in [0.1, 0.15) is 6.10 Å². The predicted molar refractivity (Wildman–Crippen MR) is 94.0 cm³/mol. The van der Waals surface area contributed by atoms with E-state index in [0.29, 0.717) is 23.6 Å². The third-order valence-corrected chi connectivity index (χ3v) is 4.58. The molecule has 3 aromatic rings. The molecule has 3 heterocycles. The SMILES string of the molecule is CCOC(=O)c1c(C)nc2c3c(ccn12)CCC(c1ccccc1)O3. The average molecular weight is 336 g/mol. The fraction of sp³-hybridized carbons (Fsp3) is 0.300. The van der Waals surface area contributed by atoms with Gasteiger partial charge >= 0.3 is 5.97 Å². The van der Waals surface area contributed by atoms with Gasteiger partial charge in [0, 0.05) is 6.20 Å². The third kappa shape index (κ3) is 2.65. The molecule has 5 nitrogen and oxygen atoms in total. The molecule has 25 heavy (non-hydrogen) atoms. The molecule has 1 atom stereocenters. The lowest BCUT2D eigenvalue weighted by Gasteiger charge is -2.26. The standard InChI is InChI=1S/C20H20N2O3/c1-3-24-20(23)17-13(2)21-19-18-15(11-12-22(17)19)9-10-16(25-18)14-7-5-4-6-8-14/h4-8,11-12,16H,3,9-10H2,1-2H3. The molecule has 1 aliphatic heterocycles. The quantitative estimate of drug-likeness (QED) is 0.681. The number of rotatable bonds is 3. The Morgan fingerprint density at radius 2 is 2.12 bits per heavy atom. The second-order valence-electron chi connectivity index (χ2n) is 6.19. The number of benzene rings is 1. The summed E-state index contributed by atoms with van der Waals surface area (Å²) < 4.78 is 13.3. The molecule has 0 N–H and O–H groups in total. The van der Waals surface area contributed by atoms with Gasteiger partial charge in [0.15, 0.2) is 17.1 Å². The first-order valence-corrected chi connectivity index (χ1v) is 8.58. The van der Waals surface area contributed by atoms with E-state index in [2.05, 4.69) is 17.1 Å². The first kappa shape index (κ1) is 15.7. The summed E-state index contributed by atoms with van der Waals surface area (Å²) in [5.74, 6) is 0.407. The number of carbonyl (C=O) groups excluding carboxylic acids is 1. The minimum atomic E-state index is -0.358. The number of nitrogens with zero attached hydrogens (tertiary/aromatic N) is 2. The number of hydrogen-bond donors (Lipinski definition) is 0. The fourth-order valence-electron chi connectivity index (χ4n) is 3.40. The molecule has 0 spiro atoms. The number of ether oxygens (including phenoxy) is 2. The lowest BCUT2D eigenvalue weighted by molar-refractivity contribution is 0.0517.